The van der Waals surface area contributed by atoms with Gasteiger partial charge in [0.2, 0.25) is 0 Å². The second-order valence-corrected chi connectivity index (χ2v) is 6.13. The highest BCUT2D eigenvalue weighted by molar-refractivity contribution is 5.11. The second-order valence-electron chi connectivity index (χ2n) is 6.13. The van der Waals surface area contributed by atoms with Crippen LogP contribution in [0.5, 0.6) is 0 Å². The van der Waals surface area contributed by atoms with Crippen molar-refractivity contribution in [3.05, 3.63) is 0 Å². The summed E-state index contributed by atoms with van der Waals surface area (Å²) in [5, 5.41) is 3.80. The lowest BCUT2D eigenvalue weighted by Crippen LogP contribution is -2.66. The molecule has 94 valence electrons. The van der Waals surface area contributed by atoms with Crippen molar-refractivity contribution in [1.29, 1.82) is 0 Å². The highest BCUT2D eigenvalue weighted by Gasteiger charge is 2.58. The summed E-state index contributed by atoms with van der Waals surface area (Å²) in [5.74, 6) is 1.63. The van der Waals surface area contributed by atoms with E-state index < -0.39 is 0 Å². The summed E-state index contributed by atoms with van der Waals surface area (Å²) in [7, 11) is 0. The molecule has 0 aromatic rings. The fourth-order valence-corrected chi connectivity index (χ4v) is 3.61. The molecule has 1 aliphatic heterocycles. The molecule has 1 aliphatic carbocycles. The van der Waals surface area contributed by atoms with E-state index in [0.717, 1.165) is 18.4 Å². The van der Waals surface area contributed by atoms with Gasteiger partial charge in [0.05, 0.1) is 6.10 Å². The molecule has 16 heavy (non-hydrogen) atoms. The number of ether oxygens (including phenoxy) is 1. The first-order valence-electron chi connectivity index (χ1n) is 6.96. The van der Waals surface area contributed by atoms with Gasteiger partial charge >= 0.3 is 0 Å². The molecule has 0 amide bonds. The van der Waals surface area contributed by atoms with Crippen LogP contribution >= 0.6 is 0 Å². The molecule has 1 saturated carbocycles. The third-order valence-corrected chi connectivity index (χ3v) is 4.88. The van der Waals surface area contributed by atoms with Crippen molar-refractivity contribution in [2.24, 2.45) is 17.3 Å². The molecule has 1 saturated heterocycles. The number of fused-ring (bicyclic) bond motifs is 1. The van der Waals surface area contributed by atoms with Gasteiger partial charge in [-0.15, -0.1) is 0 Å². The molecule has 2 aliphatic rings. The van der Waals surface area contributed by atoms with Crippen LogP contribution in [-0.4, -0.2) is 25.3 Å². The Morgan fingerprint density at radius 3 is 2.62 bits per heavy atom. The summed E-state index contributed by atoms with van der Waals surface area (Å²) < 4.78 is 5.82. The molecule has 2 nitrogen and oxygen atoms in total. The van der Waals surface area contributed by atoms with Crippen LogP contribution in [0.2, 0.25) is 0 Å². The van der Waals surface area contributed by atoms with E-state index in [1.807, 2.05) is 0 Å². The van der Waals surface area contributed by atoms with Crippen molar-refractivity contribution in [3.8, 4) is 0 Å². The normalized spacial score (nSPS) is 36.2. The molecule has 0 radical (unpaired) electrons. The number of hydrogen-bond acceptors (Lipinski definition) is 2. The maximum Gasteiger partial charge on any atom is 0.0685 e. The SMILES string of the molecule is CCC(CC)CNC1C2CCOC2C1(C)C. The molecule has 1 N–H and O–H groups in total. The third-order valence-electron chi connectivity index (χ3n) is 4.88. The zero-order chi connectivity index (χ0) is 11.8. The summed E-state index contributed by atoms with van der Waals surface area (Å²) in [4.78, 5) is 0. The molecule has 0 spiro atoms. The van der Waals surface area contributed by atoms with E-state index in [4.69, 9.17) is 4.74 Å². The van der Waals surface area contributed by atoms with Crippen LogP contribution in [0.1, 0.15) is 47.0 Å². The lowest BCUT2D eigenvalue weighted by molar-refractivity contribution is -0.113. The Kier molecular flexibility index (Phi) is 3.60. The Labute approximate surface area is 100 Å². The lowest BCUT2D eigenvalue weighted by Gasteiger charge is -2.55. The van der Waals surface area contributed by atoms with E-state index in [1.165, 1.54) is 25.8 Å². The fourth-order valence-electron chi connectivity index (χ4n) is 3.61. The van der Waals surface area contributed by atoms with Gasteiger partial charge in [-0.25, -0.2) is 0 Å². The first-order valence-corrected chi connectivity index (χ1v) is 6.96. The molecule has 3 unspecified atom stereocenters. The zero-order valence-corrected chi connectivity index (χ0v) is 11.3. The molecule has 0 bridgehead atoms. The molecule has 2 heteroatoms. The first-order chi connectivity index (χ1) is 7.61. The molecule has 2 fully saturated rings. The smallest absolute Gasteiger partial charge is 0.0685 e. The van der Waals surface area contributed by atoms with Crippen LogP contribution < -0.4 is 5.32 Å². The van der Waals surface area contributed by atoms with Gasteiger partial charge in [0.15, 0.2) is 0 Å². The maximum absolute atomic E-state index is 5.82. The van der Waals surface area contributed by atoms with Gasteiger partial charge in [-0.3, -0.25) is 0 Å². The Bertz CT molecular complexity index is 235. The number of rotatable bonds is 5. The van der Waals surface area contributed by atoms with Gasteiger partial charge in [0.1, 0.15) is 0 Å². The Morgan fingerprint density at radius 1 is 1.31 bits per heavy atom. The monoisotopic (exact) mass is 225 g/mol. The van der Waals surface area contributed by atoms with E-state index in [-0.39, 0.29) is 0 Å². The van der Waals surface area contributed by atoms with Crippen molar-refractivity contribution in [3.63, 3.8) is 0 Å². The van der Waals surface area contributed by atoms with Crippen molar-refractivity contribution < 1.29 is 4.74 Å². The van der Waals surface area contributed by atoms with Gasteiger partial charge in [0.25, 0.3) is 0 Å². The molecular weight excluding hydrogens is 198 g/mol. The van der Waals surface area contributed by atoms with Crippen LogP contribution in [0.3, 0.4) is 0 Å². The molecule has 0 aromatic heterocycles. The average Bonchev–Trinajstić information content (AvgIpc) is 2.70. The fraction of sp³-hybridized carbons (Fsp3) is 1.00. The van der Waals surface area contributed by atoms with Gasteiger partial charge in [-0.1, -0.05) is 40.5 Å². The van der Waals surface area contributed by atoms with Crippen LogP contribution in [0.4, 0.5) is 0 Å². The molecular formula is C14H27NO. The highest BCUT2D eigenvalue weighted by atomic mass is 16.5. The summed E-state index contributed by atoms with van der Waals surface area (Å²) in [6, 6.07) is 0.681. The van der Waals surface area contributed by atoms with Gasteiger partial charge in [-0.2, -0.15) is 0 Å². The highest BCUT2D eigenvalue weighted by Crippen LogP contribution is 2.52. The Morgan fingerprint density at radius 2 is 2.00 bits per heavy atom. The average molecular weight is 225 g/mol. The van der Waals surface area contributed by atoms with E-state index >= 15 is 0 Å². The molecule has 1 heterocycles. The Balaban J connectivity index is 1.85. The van der Waals surface area contributed by atoms with E-state index in [9.17, 15) is 0 Å². The molecule has 3 atom stereocenters. The summed E-state index contributed by atoms with van der Waals surface area (Å²) >= 11 is 0. The van der Waals surface area contributed by atoms with Gasteiger partial charge < -0.3 is 10.1 Å². The van der Waals surface area contributed by atoms with Crippen molar-refractivity contribution in [2.75, 3.05) is 13.2 Å². The number of nitrogens with one attached hydrogen (secondary N) is 1. The standard InChI is InChI=1S/C14H27NO/c1-5-10(6-2)9-15-12-11-7-8-16-13(11)14(12,3)4/h10-13,15H,5-9H2,1-4H3. The lowest BCUT2D eigenvalue weighted by atomic mass is 9.57. The van der Waals surface area contributed by atoms with E-state index in [0.29, 0.717) is 17.6 Å². The Hall–Kier alpha value is -0.0800. The first kappa shape index (κ1) is 12.4. The minimum Gasteiger partial charge on any atom is -0.377 e. The zero-order valence-electron chi connectivity index (χ0n) is 11.3. The van der Waals surface area contributed by atoms with Gasteiger partial charge in [-0.05, 0) is 18.9 Å². The minimum atomic E-state index is 0.340. The summed E-state index contributed by atoms with van der Waals surface area (Å²) in [6.45, 7) is 11.5. The van der Waals surface area contributed by atoms with E-state index in [2.05, 4.69) is 33.0 Å². The topological polar surface area (TPSA) is 21.3 Å². The predicted octanol–water partition coefficient (Wildman–Crippen LogP) is 2.83. The van der Waals surface area contributed by atoms with Crippen molar-refractivity contribution in [2.45, 2.75) is 59.1 Å². The van der Waals surface area contributed by atoms with E-state index in [1.54, 1.807) is 0 Å². The third kappa shape index (κ3) is 1.91. The van der Waals surface area contributed by atoms with Crippen LogP contribution in [-0.2, 0) is 4.74 Å². The molecule has 0 aromatic carbocycles. The van der Waals surface area contributed by atoms with Gasteiger partial charge in [0, 0.05) is 24.0 Å². The quantitative estimate of drug-likeness (QED) is 0.777. The van der Waals surface area contributed by atoms with Crippen molar-refractivity contribution in [1.82, 2.24) is 5.32 Å². The second kappa shape index (κ2) is 4.66. The van der Waals surface area contributed by atoms with Crippen LogP contribution in [0, 0.1) is 17.3 Å². The number of hydrogen-bond donors (Lipinski definition) is 1. The van der Waals surface area contributed by atoms with Crippen LogP contribution in [0.15, 0.2) is 0 Å². The predicted molar refractivity (Wildman–Crippen MR) is 67.5 cm³/mol. The van der Waals surface area contributed by atoms with Crippen molar-refractivity contribution >= 4 is 0 Å². The van der Waals surface area contributed by atoms with Crippen LogP contribution in [0.25, 0.3) is 0 Å². The summed E-state index contributed by atoms with van der Waals surface area (Å²) in [5.41, 5.74) is 0.340. The molecule has 2 rings (SSSR count). The largest absolute Gasteiger partial charge is 0.377 e. The maximum atomic E-state index is 5.82. The minimum absolute atomic E-state index is 0.340. The summed E-state index contributed by atoms with van der Waals surface area (Å²) in [6.07, 6.45) is 4.36.